The Morgan fingerprint density at radius 1 is 1.44 bits per heavy atom. The summed E-state index contributed by atoms with van der Waals surface area (Å²) in [5.41, 5.74) is -0.180. The minimum absolute atomic E-state index is 0.0560. The lowest BCUT2D eigenvalue weighted by molar-refractivity contribution is -0.148. The molecule has 0 fully saturated rings. The maximum atomic E-state index is 10.8. The van der Waals surface area contributed by atoms with Crippen molar-refractivity contribution in [3.05, 3.63) is 29.8 Å². The molecule has 0 aliphatic rings. The van der Waals surface area contributed by atoms with Crippen molar-refractivity contribution in [3.63, 3.8) is 0 Å². The lowest BCUT2D eigenvalue weighted by atomic mass is 9.95. The summed E-state index contributed by atoms with van der Waals surface area (Å²) in [4.78, 5) is 10.8. The molecule has 0 aliphatic carbocycles. The van der Waals surface area contributed by atoms with Gasteiger partial charge < -0.3 is 14.9 Å². The number of hydrogen-bond acceptors (Lipinski definition) is 3. The van der Waals surface area contributed by atoms with E-state index in [1.54, 1.807) is 38.1 Å². The van der Waals surface area contributed by atoms with Gasteiger partial charge in [0.1, 0.15) is 12.4 Å². The molecule has 2 N–H and O–H groups in total. The molecule has 16 heavy (non-hydrogen) atoms. The highest BCUT2D eigenvalue weighted by Crippen LogP contribution is 2.19. The second-order valence-electron chi connectivity index (χ2n) is 4.28. The lowest BCUT2D eigenvalue weighted by Gasteiger charge is -2.19. The van der Waals surface area contributed by atoms with Gasteiger partial charge in [-0.05, 0) is 31.5 Å². The first kappa shape index (κ1) is 12.5. The smallest absolute Gasteiger partial charge is 0.312 e. The molecular formula is C12H16O4. The van der Waals surface area contributed by atoms with Crippen LogP contribution in [-0.4, -0.2) is 22.8 Å². The summed E-state index contributed by atoms with van der Waals surface area (Å²) in [7, 11) is 0. The zero-order chi connectivity index (χ0) is 12.2. The third-order valence-corrected chi connectivity index (χ3v) is 2.26. The van der Waals surface area contributed by atoms with Crippen molar-refractivity contribution < 1.29 is 19.7 Å². The molecule has 1 aromatic carbocycles. The van der Waals surface area contributed by atoms with Gasteiger partial charge in [-0.2, -0.15) is 0 Å². The van der Waals surface area contributed by atoms with Gasteiger partial charge in [-0.3, -0.25) is 4.79 Å². The van der Waals surface area contributed by atoms with Crippen molar-refractivity contribution in [1.82, 2.24) is 0 Å². The summed E-state index contributed by atoms with van der Waals surface area (Å²) >= 11 is 0. The number of ether oxygens (including phenoxy) is 1. The van der Waals surface area contributed by atoms with Crippen molar-refractivity contribution in [2.45, 2.75) is 20.5 Å². The summed E-state index contributed by atoms with van der Waals surface area (Å²) in [6, 6.07) is 6.96. The number of hydrogen-bond donors (Lipinski definition) is 2. The van der Waals surface area contributed by atoms with Crippen molar-refractivity contribution in [2.75, 3.05) is 6.61 Å². The molecule has 4 nitrogen and oxygen atoms in total. The van der Waals surface area contributed by atoms with Gasteiger partial charge in [-0.1, -0.05) is 12.1 Å². The highest BCUT2D eigenvalue weighted by atomic mass is 16.5. The monoisotopic (exact) mass is 224 g/mol. The molecule has 0 atom stereocenters. The summed E-state index contributed by atoms with van der Waals surface area (Å²) < 4.78 is 5.38. The molecule has 0 bridgehead atoms. The second-order valence-corrected chi connectivity index (χ2v) is 4.28. The Morgan fingerprint density at radius 3 is 2.69 bits per heavy atom. The van der Waals surface area contributed by atoms with Gasteiger partial charge in [0.2, 0.25) is 0 Å². The van der Waals surface area contributed by atoms with E-state index in [0.29, 0.717) is 5.75 Å². The number of rotatable bonds is 5. The third-order valence-electron chi connectivity index (χ3n) is 2.26. The van der Waals surface area contributed by atoms with Crippen molar-refractivity contribution in [3.8, 4) is 5.75 Å². The standard InChI is InChI=1S/C12H16O4/c1-12(2,11(14)15)8-16-10-5-3-4-9(6-10)7-13/h3-6,13H,7-8H2,1-2H3,(H,14,15). The quantitative estimate of drug-likeness (QED) is 0.798. The number of benzene rings is 1. The second kappa shape index (κ2) is 4.99. The Labute approximate surface area is 94.5 Å². The van der Waals surface area contributed by atoms with E-state index in [0.717, 1.165) is 5.56 Å². The van der Waals surface area contributed by atoms with Gasteiger partial charge in [0.25, 0.3) is 0 Å². The van der Waals surface area contributed by atoms with Gasteiger partial charge in [-0.25, -0.2) is 0 Å². The molecule has 0 saturated carbocycles. The molecule has 0 aliphatic heterocycles. The number of carboxylic acids is 1. The zero-order valence-corrected chi connectivity index (χ0v) is 9.43. The Bertz CT molecular complexity index is 371. The fourth-order valence-corrected chi connectivity index (χ4v) is 1.06. The first-order valence-corrected chi connectivity index (χ1v) is 5.02. The van der Waals surface area contributed by atoms with E-state index in [4.69, 9.17) is 14.9 Å². The van der Waals surface area contributed by atoms with Crippen molar-refractivity contribution >= 4 is 5.97 Å². The maximum absolute atomic E-state index is 10.8. The Hall–Kier alpha value is -1.55. The first-order chi connectivity index (χ1) is 7.45. The van der Waals surface area contributed by atoms with E-state index in [1.807, 2.05) is 0 Å². The predicted octanol–water partition coefficient (Wildman–Crippen LogP) is 1.67. The molecule has 4 heteroatoms. The normalized spacial score (nSPS) is 11.2. The van der Waals surface area contributed by atoms with Gasteiger partial charge in [0.15, 0.2) is 0 Å². The van der Waals surface area contributed by atoms with Crippen LogP contribution in [0.3, 0.4) is 0 Å². The minimum atomic E-state index is -0.921. The molecule has 1 aromatic rings. The predicted molar refractivity (Wildman–Crippen MR) is 59.3 cm³/mol. The van der Waals surface area contributed by atoms with E-state index in [1.165, 1.54) is 0 Å². The number of aliphatic hydroxyl groups is 1. The summed E-state index contributed by atoms with van der Waals surface area (Å²) in [6.45, 7) is 3.24. The molecule has 0 amide bonds. The number of carbonyl (C=O) groups is 1. The van der Waals surface area contributed by atoms with Crippen LogP contribution < -0.4 is 4.74 Å². The van der Waals surface area contributed by atoms with E-state index in [9.17, 15) is 4.79 Å². The molecule has 88 valence electrons. The molecule has 0 unspecified atom stereocenters. The van der Waals surface area contributed by atoms with E-state index in [2.05, 4.69) is 0 Å². The lowest BCUT2D eigenvalue weighted by Crippen LogP contribution is -2.30. The van der Waals surface area contributed by atoms with Gasteiger partial charge in [0, 0.05) is 0 Å². The van der Waals surface area contributed by atoms with Crippen LogP contribution in [0, 0.1) is 5.41 Å². The molecule has 0 aromatic heterocycles. The molecule has 0 heterocycles. The maximum Gasteiger partial charge on any atom is 0.312 e. The fraction of sp³-hybridized carbons (Fsp3) is 0.417. The van der Waals surface area contributed by atoms with E-state index >= 15 is 0 Å². The Morgan fingerprint density at radius 2 is 2.12 bits per heavy atom. The average Bonchev–Trinajstić information content (AvgIpc) is 2.26. The molecular weight excluding hydrogens is 208 g/mol. The Kier molecular flexibility index (Phi) is 3.90. The van der Waals surface area contributed by atoms with E-state index < -0.39 is 11.4 Å². The van der Waals surface area contributed by atoms with Crippen molar-refractivity contribution in [1.29, 1.82) is 0 Å². The van der Waals surface area contributed by atoms with Gasteiger partial charge in [0.05, 0.1) is 12.0 Å². The molecule has 0 radical (unpaired) electrons. The van der Waals surface area contributed by atoms with Gasteiger partial charge >= 0.3 is 5.97 Å². The van der Waals surface area contributed by atoms with Crippen LogP contribution in [0.25, 0.3) is 0 Å². The third kappa shape index (κ3) is 3.24. The average molecular weight is 224 g/mol. The fourth-order valence-electron chi connectivity index (χ4n) is 1.06. The van der Waals surface area contributed by atoms with Crippen LogP contribution in [0.4, 0.5) is 0 Å². The van der Waals surface area contributed by atoms with Crippen molar-refractivity contribution in [2.24, 2.45) is 5.41 Å². The van der Waals surface area contributed by atoms with Crippen LogP contribution in [0.15, 0.2) is 24.3 Å². The number of aliphatic hydroxyl groups excluding tert-OH is 1. The highest BCUT2D eigenvalue weighted by Gasteiger charge is 2.28. The van der Waals surface area contributed by atoms with Gasteiger partial charge in [-0.15, -0.1) is 0 Å². The van der Waals surface area contributed by atoms with E-state index in [-0.39, 0.29) is 13.2 Å². The van der Waals surface area contributed by atoms with Crippen LogP contribution in [0.2, 0.25) is 0 Å². The number of aliphatic carboxylic acids is 1. The Balaban J connectivity index is 2.64. The largest absolute Gasteiger partial charge is 0.492 e. The zero-order valence-electron chi connectivity index (χ0n) is 9.43. The summed E-state index contributed by atoms with van der Waals surface area (Å²) in [5, 5.41) is 17.8. The SMILES string of the molecule is CC(C)(COc1cccc(CO)c1)C(=O)O. The summed E-state index contributed by atoms with van der Waals surface area (Å²) in [6.07, 6.45) is 0. The van der Waals surface area contributed by atoms with Crippen LogP contribution in [0.5, 0.6) is 5.75 Å². The van der Waals surface area contributed by atoms with Crippen LogP contribution in [-0.2, 0) is 11.4 Å². The highest BCUT2D eigenvalue weighted by molar-refractivity contribution is 5.73. The molecule has 0 spiro atoms. The topological polar surface area (TPSA) is 66.8 Å². The molecule has 1 rings (SSSR count). The van der Waals surface area contributed by atoms with Crippen LogP contribution in [0.1, 0.15) is 19.4 Å². The first-order valence-electron chi connectivity index (χ1n) is 5.02. The summed E-state index contributed by atoms with van der Waals surface area (Å²) in [5.74, 6) is -0.327. The van der Waals surface area contributed by atoms with Crippen LogP contribution >= 0.6 is 0 Å². The number of carboxylic acid groups (broad SMARTS) is 1. The minimum Gasteiger partial charge on any atom is -0.492 e. The molecule has 0 saturated heterocycles.